The lowest BCUT2D eigenvalue weighted by Crippen LogP contribution is -2.28. The van der Waals surface area contributed by atoms with Crippen LogP contribution in [0.4, 0.5) is 10.5 Å². The third-order valence-electron chi connectivity index (χ3n) is 3.89. The van der Waals surface area contributed by atoms with Crippen molar-refractivity contribution in [2.45, 2.75) is 18.9 Å². The molecule has 1 aliphatic rings. The van der Waals surface area contributed by atoms with Crippen molar-refractivity contribution in [3.63, 3.8) is 0 Å². The zero-order chi connectivity index (χ0) is 16.8. The minimum Gasteiger partial charge on any atom is -0.445 e. The first kappa shape index (κ1) is 16.1. The first-order chi connectivity index (χ1) is 11.7. The number of rotatable bonds is 6. The second-order valence-electron chi connectivity index (χ2n) is 5.80. The van der Waals surface area contributed by atoms with Crippen molar-refractivity contribution in [1.82, 2.24) is 5.32 Å². The Hall–Kier alpha value is -2.82. The van der Waals surface area contributed by atoms with Gasteiger partial charge in [-0.1, -0.05) is 48.5 Å². The van der Waals surface area contributed by atoms with E-state index >= 15 is 0 Å². The molecule has 0 saturated heterocycles. The van der Waals surface area contributed by atoms with Crippen LogP contribution in [-0.2, 0) is 16.0 Å². The van der Waals surface area contributed by atoms with E-state index < -0.39 is 6.09 Å². The van der Waals surface area contributed by atoms with Gasteiger partial charge in [0.25, 0.3) is 0 Å². The predicted octanol–water partition coefficient (Wildman–Crippen LogP) is 2.98. The lowest BCUT2D eigenvalue weighted by molar-refractivity contribution is -0.117. The molecule has 3 rings (SSSR count). The average Bonchev–Trinajstić information content (AvgIpc) is 3.36. The molecule has 124 valence electrons. The van der Waals surface area contributed by atoms with Gasteiger partial charge in [-0.2, -0.15) is 0 Å². The lowest BCUT2D eigenvalue weighted by atomic mass is 10.1. The maximum absolute atomic E-state index is 12.0. The Labute approximate surface area is 141 Å². The number of amides is 2. The van der Waals surface area contributed by atoms with Crippen molar-refractivity contribution in [1.29, 1.82) is 0 Å². The molecule has 2 unspecified atom stereocenters. The van der Waals surface area contributed by atoms with E-state index in [9.17, 15) is 9.59 Å². The molecular weight excluding hydrogens is 304 g/mol. The van der Waals surface area contributed by atoms with Crippen molar-refractivity contribution >= 4 is 17.7 Å². The molecule has 2 aromatic carbocycles. The van der Waals surface area contributed by atoms with Crippen LogP contribution in [0.15, 0.2) is 60.7 Å². The maximum atomic E-state index is 12.0. The molecule has 0 spiro atoms. The fourth-order valence-corrected chi connectivity index (χ4v) is 2.47. The largest absolute Gasteiger partial charge is 0.445 e. The average molecular weight is 324 g/mol. The molecule has 2 atom stereocenters. The molecule has 0 bridgehead atoms. The van der Waals surface area contributed by atoms with Crippen LogP contribution >= 0.6 is 0 Å². The minimum atomic E-state index is -0.467. The monoisotopic (exact) mass is 324 g/mol. The summed E-state index contributed by atoms with van der Waals surface area (Å²) in [7, 11) is 0. The van der Waals surface area contributed by atoms with Crippen LogP contribution in [0.2, 0.25) is 0 Å². The molecule has 0 aliphatic heterocycles. The highest BCUT2D eigenvalue weighted by Gasteiger charge is 2.46. The molecule has 5 heteroatoms. The smallest absolute Gasteiger partial charge is 0.407 e. The summed E-state index contributed by atoms with van der Waals surface area (Å²) in [6.45, 7) is 0.510. The summed E-state index contributed by atoms with van der Waals surface area (Å²) in [6, 6.07) is 19.2. The van der Waals surface area contributed by atoms with Crippen LogP contribution in [-0.4, -0.2) is 24.6 Å². The molecule has 0 heterocycles. The van der Waals surface area contributed by atoms with Crippen LogP contribution in [0, 0.1) is 5.92 Å². The Kier molecular flexibility index (Phi) is 5.11. The summed E-state index contributed by atoms with van der Waals surface area (Å²) in [5.41, 5.74) is 1.91. The molecule has 24 heavy (non-hydrogen) atoms. The first-order valence-electron chi connectivity index (χ1n) is 8.07. The summed E-state index contributed by atoms with van der Waals surface area (Å²) in [5.74, 6) is -0.367. The minimum absolute atomic E-state index is 0.108. The highest BCUT2D eigenvalue weighted by atomic mass is 16.6. The molecule has 2 aromatic rings. The second-order valence-corrected chi connectivity index (χ2v) is 5.80. The predicted molar refractivity (Wildman–Crippen MR) is 91.6 cm³/mol. The van der Waals surface area contributed by atoms with Crippen LogP contribution in [0.25, 0.3) is 0 Å². The second kappa shape index (κ2) is 7.64. The fraction of sp³-hybridized carbons (Fsp3) is 0.263. The van der Waals surface area contributed by atoms with Crippen LogP contribution in [0.3, 0.4) is 0 Å². The summed E-state index contributed by atoms with van der Waals surface area (Å²) in [5, 5.41) is 5.54. The number of nitrogens with one attached hydrogen (secondary N) is 2. The molecule has 0 radical (unpaired) electrons. The normalized spacial score (nSPS) is 18.5. The van der Waals surface area contributed by atoms with Crippen molar-refractivity contribution in [3.05, 3.63) is 66.2 Å². The van der Waals surface area contributed by atoms with E-state index in [-0.39, 0.29) is 17.9 Å². The van der Waals surface area contributed by atoms with Gasteiger partial charge < -0.3 is 15.4 Å². The third kappa shape index (κ3) is 4.59. The van der Waals surface area contributed by atoms with Crippen LogP contribution < -0.4 is 10.6 Å². The van der Waals surface area contributed by atoms with Gasteiger partial charge in [0, 0.05) is 18.7 Å². The Bertz CT molecular complexity index is 688. The number of carbonyl (C=O) groups is 2. The number of ether oxygens (including phenoxy) is 1. The molecule has 2 amide bonds. The van der Waals surface area contributed by atoms with E-state index in [1.807, 2.05) is 60.7 Å². The first-order valence-corrected chi connectivity index (χ1v) is 8.07. The number of para-hydroxylation sites is 1. The fourth-order valence-electron chi connectivity index (χ4n) is 2.47. The number of anilines is 1. The highest BCUT2D eigenvalue weighted by molar-refractivity contribution is 5.95. The van der Waals surface area contributed by atoms with Gasteiger partial charge in [-0.15, -0.1) is 0 Å². The van der Waals surface area contributed by atoms with Crippen molar-refractivity contribution in [2.24, 2.45) is 5.92 Å². The topological polar surface area (TPSA) is 67.4 Å². The molecule has 5 nitrogen and oxygen atoms in total. The summed E-state index contributed by atoms with van der Waals surface area (Å²) in [6.07, 6.45) is 0.528. The van der Waals surface area contributed by atoms with E-state index in [2.05, 4.69) is 10.6 Å². The number of hydrogen-bond donors (Lipinski definition) is 2. The molecule has 1 fully saturated rings. The lowest BCUT2D eigenvalue weighted by Gasteiger charge is -2.07. The Balaban J connectivity index is 1.35. The van der Waals surface area contributed by atoms with Gasteiger partial charge in [-0.25, -0.2) is 4.79 Å². The highest BCUT2D eigenvalue weighted by Crippen LogP contribution is 2.34. The number of carbonyl (C=O) groups excluding carboxylic acids is 2. The molecule has 1 saturated carbocycles. The van der Waals surface area contributed by atoms with Gasteiger partial charge >= 0.3 is 6.09 Å². The van der Waals surface area contributed by atoms with Gasteiger partial charge in [-0.05, 0) is 24.1 Å². The van der Waals surface area contributed by atoms with Gasteiger partial charge in [0.1, 0.15) is 6.10 Å². The Morgan fingerprint density at radius 2 is 1.67 bits per heavy atom. The molecule has 1 aliphatic carbocycles. The van der Waals surface area contributed by atoms with Gasteiger partial charge in [-0.3, -0.25) is 4.79 Å². The standard InChI is InChI=1S/C19H20N2O3/c22-18(21-15-9-5-2-6-10-15)16-13-17(16)24-19(23)20-12-11-14-7-3-1-4-8-14/h1-10,16-17H,11-13H2,(H,20,23)(H,21,22). The quantitative estimate of drug-likeness (QED) is 0.858. The van der Waals surface area contributed by atoms with E-state index in [0.717, 1.165) is 17.7 Å². The van der Waals surface area contributed by atoms with Crippen molar-refractivity contribution in [3.8, 4) is 0 Å². The van der Waals surface area contributed by atoms with Crippen molar-refractivity contribution in [2.75, 3.05) is 11.9 Å². The number of alkyl carbamates (subject to hydrolysis) is 1. The number of benzene rings is 2. The van der Waals surface area contributed by atoms with Crippen molar-refractivity contribution < 1.29 is 14.3 Å². The van der Waals surface area contributed by atoms with Gasteiger partial charge in [0.05, 0.1) is 5.92 Å². The molecule has 2 N–H and O–H groups in total. The van der Waals surface area contributed by atoms with Crippen LogP contribution in [0.1, 0.15) is 12.0 Å². The zero-order valence-corrected chi connectivity index (χ0v) is 13.3. The molecule has 0 aromatic heterocycles. The summed E-state index contributed by atoms with van der Waals surface area (Å²) >= 11 is 0. The van der Waals surface area contributed by atoms with E-state index in [0.29, 0.717) is 13.0 Å². The van der Waals surface area contributed by atoms with Gasteiger partial charge in [0.2, 0.25) is 5.91 Å². The number of hydrogen-bond acceptors (Lipinski definition) is 3. The van der Waals surface area contributed by atoms with E-state index in [1.54, 1.807) is 0 Å². The zero-order valence-electron chi connectivity index (χ0n) is 13.3. The third-order valence-corrected chi connectivity index (χ3v) is 3.89. The summed E-state index contributed by atoms with van der Waals surface area (Å²) < 4.78 is 5.26. The van der Waals surface area contributed by atoms with E-state index in [4.69, 9.17) is 4.74 Å². The molecular formula is C19H20N2O3. The SMILES string of the molecule is O=C(NCCc1ccccc1)OC1CC1C(=O)Nc1ccccc1. The Morgan fingerprint density at radius 3 is 2.38 bits per heavy atom. The van der Waals surface area contributed by atoms with Gasteiger partial charge in [0.15, 0.2) is 0 Å². The Morgan fingerprint density at radius 1 is 1.00 bits per heavy atom. The van der Waals surface area contributed by atoms with E-state index in [1.165, 1.54) is 0 Å². The van der Waals surface area contributed by atoms with Crippen LogP contribution in [0.5, 0.6) is 0 Å². The maximum Gasteiger partial charge on any atom is 0.407 e. The summed E-state index contributed by atoms with van der Waals surface area (Å²) in [4.78, 5) is 23.8.